The molecule has 0 saturated carbocycles. The largest absolute Gasteiger partial charge is 0.492 e. The van der Waals surface area contributed by atoms with Gasteiger partial charge in [-0.25, -0.2) is 0 Å². The van der Waals surface area contributed by atoms with E-state index in [0.717, 1.165) is 39.8 Å². The molecule has 0 saturated heterocycles. The highest BCUT2D eigenvalue weighted by Crippen LogP contribution is 2.32. The van der Waals surface area contributed by atoms with E-state index in [1.807, 2.05) is 11.4 Å². The van der Waals surface area contributed by atoms with E-state index in [2.05, 4.69) is 34.9 Å². The third kappa shape index (κ3) is 3.13. The van der Waals surface area contributed by atoms with Crippen molar-refractivity contribution >= 4 is 40.6 Å². The molecule has 2 heterocycles. The molecule has 2 aromatic rings. The average molecular weight is 298 g/mol. The average Bonchev–Trinajstić information content (AvgIpc) is 2.97. The summed E-state index contributed by atoms with van der Waals surface area (Å²) in [6.45, 7) is 6.50. The summed E-state index contributed by atoms with van der Waals surface area (Å²) in [7, 11) is 0. The molecule has 3 nitrogen and oxygen atoms in total. The molecular formula is C12H14N2OS3. The Labute approximate surface area is 120 Å². The van der Waals surface area contributed by atoms with Crippen LogP contribution < -0.4 is 4.74 Å². The van der Waals surface area contributed by atoms with Gasteiger partial charge in [0.1, 0.15) is 5.75 Å². The lowest BCUT2D eigenvalue weighted by molar-refractivity contribution is 0.321. The SMILES string of the molecule is C=C(S)c1sccc1OCCc1nsnc1CC. The molecule has 2 aromatic heterocycles. The summed E-state index contributed by atoms with van der Waals surface area (Å²) in [5, 5.41) is 1.98. The second-order valence-corrected chi connectivity index (χ2v) is 5.65. The first kappa shape index (κ1) is 13.6. The van der Waals surface area contributed by atoms with E-state index in [4.69, 9.17) is 4.74 Å². The zero-order valence-electron chi connectivity index (χ0n) is 10.0. The van der Waals surface area contributed by atoms with E-state index in [9.17, 15) is 0 Å². The topological polar surface area (TPSA) is 35.0 Å². The summed E-state index contributed by atoms with van der Waals surface area (Å²) in [6, 6.07) is 1.95. The van der Waals surface area contributed by atoms with Crippen LogP contribution in [0.3, 0.4) is 0 Å². The highest BCUT2D eigenvalue weighted by atomic mass is 32.1. The van der Waals surface area contributed by atoms with Gasteiger partial charge in [-0.05, 0) is 17.9 Å². The molecule has 6 heteroatoms. The van der Waals surface area contributed by atoms with Crippen molar-refractivity contribution in [2.75, 3.05) is 6.61 Å². The Hall–Kier alpha value is -0.850. The Morgan fingerprint density at radius 3 is 2.94 bits per heavy atom. The number of nitrogens with zero attached hydrogens (tertiary/aromatic N) is 2. The van der Waals surface area contributed by atoms with Crippen LogP contribution in [-0.2, 0) is 12.8 Å². The Balaban J connectivity index is 1.92. The van der Waals surface area contributed by atoms with E-state index < -0.39 is 0 Å². The number of aromatic nitrogens is 2. The van der Waals surface area contributed by atoms with Crippen molar-refractivity contribution in [1.82, 2.24) is 8.75 Å². The maximum atomic E-state index is 5.75. The molecule has 0 aliphatic rings. The normalized spacial score (nSPS) is 10.6. The lowest BCUT2D eigenvalue weighted by Gasteiger charge is -2.06. The van der Waals surface area contributed by atoms with Gasteiger partial charge < -0.3 is 4.74 Å². The maximum absolute atomic E-state index is 5.75. The summed E-state index contributed by atoms with van der Waals surface area (Å²) >= 11 is 7.11. The minimum absolute atomic E-state index is 0.600. The highest BCUT2D eigenvalue weighted by molar-refractivity contribution is 7.90. The number of hydrogen-bond acceptors (Lipinski definition) is 6. The molecule has 2 rings (SSSR count). The summed E-state index contributed by atoms with van der Waals surface area (Å²) in [6.07, 6.45) is 1.71. The van der Waals surface area contributed by atoms with Crippen LogP contribution in [0.2, 0.25) is 0 Å². The monoisotopic (exact) mass is 298 g/mol. The molecule has 0 radical (unpaired) electrons. The molecule has 0 unspecified atom stereocenters. The highest BCUT2D eigenvalue weighted by Gasteiger charge is 2.09. The fourth-order valence-corrected chi connectivity index (χ4v) is 3.21. The van der Waals surface area contributed by atoms with Gasteiger partial charge in [0, 0.05) is 11.3 Å². The fourth-order valence-electron chi connectivity index (χ4n) is 1.56. The molecule has 0 amide bonds. The van der Waals surface area contributed by atoms with Gasteiger partial charge in [-0.2, -0.15) is 8.75 Å². The van der Waals surface area contributed by atoms with Gasteiger partial charge in [0.15, 0.2) is 0 Å². The number of ether oxygens (including phenoxy) is 1. The Bertz CT molecular complexity index is 533. The van der Waals surface area contributed by atoms with Crippen molar-refractivity contribution in [2.45, 2.75) is 19.8 Å². The minimum atomic E-state index is 0.600. The number of hydrogen-bond donors (Lipinski definition) is 1. The van der Waals surface area contributed by atoms with E-state index in [1.165, 1.54) is 11.7 Å². The first-order valence-electron chi connectivity index (χ1n) is 5.61. The van der Waals surface area contributed by atoms with E-state index >= 15 is 0 Å². The molecule has 0 atom stereocenters. The third-order valence-corrected chi connectivity index (χ3v) is 4.39. The number of aryl methyl sites for hydroxylation is 1. The molecule has 0 aliphatic carbocycles. The molecule has 0 N–H and O–H groups in total. The van der Waals surface area contributed by atoms with Crippen molar-refractivity contribution in [3.8, 4) is 5.75 Å². The van der Waals surface area contributed by atoms with E-state index in [1.54, 1.807) is 11.3 Å². The van der Waals surface area contributed by atoms with Gasteiger partial charge in [-0.15, -0.1) is 24.0 Å². The molecule has 0 bridgehead atoms. The van der Waals surface area contributed by atoms with Crippen molar-refractivity contribution in [2.24, 2.45) is 0 Å². The molecule has 18 heavy (non-hydrogen) atoms. The Kier molecular flexibility index (Phi) is 4.79. The van der Waals surface area contributed by atoms with Gasteiger partial charge in [0.2, 0.25) is 0 Å². The van der Waals surface area contributed by atoms with E-state index in [0.29, 0.717) is 6.61 Å². The number of rotatable bonds is 6. The van der Waals surface area contributed by atoms with Crippen LogP contribution in [0.15, 0.2) is 18.0 Å². The van der Waals surface area contributed by atoms with Gasteiger partial charge in [-0.1, -0.05) is 13.5 Å². The third-order valence-electron chi connectivity index (χ3n) is 2.46. The van der Waals surface area contributed by atoms with Crippen LogP contribution in [0.4, 0.5) is 0 Å². The fraction of sp³-hybridized carbons (Fsp3) is 0.333. The van der Waals surface area contributed by atoms with Crippen LogP contribution in [0, 0.1) is 0 Å². The van der Waals surface area contributed by atoms with Crippen LogP contribution in [0.5, 0.6) is 5.75 Å². The quantitative estimate of drug-likeness (QED) is 0.826. The van der Waals surface area contributed by atoms with Crippen LogP contribution >= 0.6 is 35.7 Å². The smallest absolute Gasteiger partial charge is 0.138 e. The van der Waals surface area contributed by atoms with Gasteiger partial charge in [0.25, 0.3) is 0 Å². The van der Waals surface area contributed by atoms with Crippen LogP contribution in [0.25, 0.3) is 4.91 Å². The lowest BCUT2D eigenvalue weighted by Crippen LogP contribution is -2.03. The molecule has 0 aromatic carbocycles. The Morgan fingerprint density at radius 2 is 2.22 bits per heavy atom. The second kappa shape index (κ2) is 6.36. The summed E-state index contributed by atoms with van der Waals surface area (Å²) in [5.74, 6) is 0.848. The number of thiophene rings is 1. The van der Waals surface area contributed by atoms with Crippen molar-refractivity contribution in [1.29, 1.82) is 0 Å². The van der Waals surface area contributed by atoms with Gasteiger partial charge >= 0.3 is 0 Å². The van der Waals surface area contributed by atoms with Gasteiger partial charge in [-0.3, -0.25) is 0 Å². The molecule has 96 valence electrons. The zero-order valence-corrected chi connectivity index (χ0v) is 12.6. The molecular weight excluding hydrogens is 284 g/mol. The summed E-state index contributed by atoms with van der Waals surface area (Å²) < 4.78 is 14.3. The predicted octanol–water partition coefficient (Wildman–Crippen LogP) is 3.68. The lowest BCUT2D eigenvalue weighted by atomic mass is 10.2. The van der Waals surface area contributed by atoms with Gasteiger partial charge in [0.05, 0.1) is 34.6 Å². The number of thiol groups is 1. The molecule has 0 fully saturated rings. The summed E-state index contributed by atoms with van der Waals surface area (Å²) in [4.78, 5) is 1.73. The van der Waals surface area contributed by atoms with Crippen LogP contribution in [-0.4, -0.2) is 15.4 Å². The second-order valence-electron chi connectivity index (χ2n) is 3.67. The maximum Gasteiger partial charge on any atom is 0.138 e. The molecule has 0 spiro atoms. The zero-order chi connectivity index (χ0) is 13.0. The first-order valence-corrected chi connectivity index (χ1v) is 7.67. The summed E-state index contributed by atoms with van der Waals surface area (Å²) in [5.41, 5.74) is 2.12. The first-order chi connectivity index (χ1) is 8.72. The molecule has 0 aliphatic heterocycles. The van der Waals surface area contributed by atoms with E-state index in [-0.39, 0.29) is 0 Å². The standard InChI is InChI=1S/C12H14N2OS3/c1-3-9-10(14-18-13-9)4-6-15-11-5-7-17-12(11)8(2)16/h5,7,16H,2-4,6H2,1H3. The van der Waals surface area contributed by atoms with Crippen molar-refractivity contribution in [3.63, 3.8) is 0 Å². The minimum Gasteiger partial charge on any atom is -0.492 e. The predicted molar refractivity (Wildman–Crippen MR) is 80.8 cm³/mol. The Morgan fingerprint density at radius 1 is 1.44 bits per heavy atom. The van der Waals surface area contributed by atoms with Crippen LogP contribution in [0.1, 0.15) is 23.2 Å². The van der Waals surface area contributed by atoms with Crippen molar-refractivity contribution in [3.05, 3.63) is 34.3 Å². The van der Waals surface area contributed by atoms with Crippen molar-refractivity contribution < 1.29 is 4.74 Å².